The van der Waals surface area contributed by atoms with Crippen molar-refractivity contribution in [2.75, 3.05) is 0 Å². The molecule has 5 rings (SSSR count). The van der Waals surface area contributed by atoms with E-state index in [1.54, 1.807) is 6.07 Å². The second kappa shape index (κ2) is 6.64. The number of fused-ring (bicyclic) bond motifs is 1. The molecule has 0 saturated heterocycles. The summed E-state index contributed by atoms with van der Waals surface area (Å²) in [6, 6.07) is 19.6. The zero-order valence-electron chi connectivity index (χ0n) is 15.5. The number of nitrogens with one attached hydrogen (secondary N) is 1. The number of aryl methyl sites for hydroxylation is 1. The Hall–Kier alpha value is -3.41. The molecule has 0 aliphatic heterocycles. The minimum atomic E-state index is -0.195. The van der Waals surface area contributed by atoms with Crippen LogP contribution in [0.25, 0.3) is 22.4 Å². The van der Waals surface area contributed by atoms with Crippen molar-refractivity contribution in [1.82, 2.24) is 20.0 Å². The Bertz CT molecular complexity index is 1140. The molecule has 1 saturated carbocycles. The fourth-order valence-electron chi connectivity index (χ4n) is 3.86. The van der Waals surface area contributed by atoms with Crippen molar-refractivity contribution < 1.29 is 9.32 Å². The van der Waals surface area contributed by atoms with Gasteiger partial charge in [0.25, 0.3) is 5.91 Å². The fourth-order valence-corrected chi connectivity index (χ4v) is 3.86. The third-order valence-corrected chi connectivity index (χ3v) is 5.46. The summed E-state index contributed by atoms with van der Waals surface area (Å²) in [5.41, 5.74) is 3.37. The minimum Gasteiger partial charge on any atom is -0.355 e. The first-order valence-electron chi connectivity index (χ1n) is 9.43. The van der Waals surface area contributed by atoms with Gasteiger partial charge in [0, 0.05) is 30.6 Å². The van der Waals surface area contributed by atoms with E-state index in [-0.39, 0.29) is 11.9 Å². The normalized spacial score (nSPS) is 18.8. The Balaban J connectivity index is 1.23. The van der Waals surface area contributed by atoms with Crippen LogP contribution >= 0.6 is 0 Å². The summed E-state index contributed by atoms with van der Waals surface area (Å²) >= 11 is 0. The molecule has 2 aromatic heterocycles. The zero-order chi connectivity index (χ0) is 19.1. The first-order valence-corrected chi connectivity index (χ1v) is 9.43. The van der Waals surface area contributed by atoms with E-state index >= 15 is 0 Å². The van der Waals surface area contributed by atoms with Gasteiger partial charge in [-0.2, -0.15) is 0 Å². The van der Waals surface area contributed by atoms with Crippen molar-refractivity contribution in [2.24, 2.45) is 7.05 Å². The predicted octanol–water partition coefficient (Wildman–Crippen LogP) is 3.90. The van der Waals surface area contributed by atoms with Gasteiger partial charge < -0.3 is 14.4 Å². The number of hydrogen-bond acceptors (Lipinski definition) is 4. The highest BCUT2D eigenvalue weighted by atomic mass is 16.5. The number of benzene rings is 2. The molecule has 0 unspecified atom stereocenters. The van der Waals surface area contributed by atoms with Crippen molar-refractivity contribution in [3.63, 3.8) is 0 Å². The Morgan fingerprint density at radius 2 is 1.86 bits per heavy atom. The number of rotatable bonds is 4. The lowest BCUT2D eigenvalue weighted by Crippen LogP contribution is -2.44. The maximum atomic E-state index is 12.5. The lowest BCUT2D eigenvalue weighted by Gasteiger charge is -2.35. The monoisotopic (exact) mass is 372 g/mol. The molecule has 1 aliphatic carbocycles. The van der Waals surface area contributed by atoms with E-state index < -0.39 is 0 Å². The second-order valence-corrected chi connectivity index (χ2v) is 7.30. The molecule has 1 amide bonds. The molecule has 140 valence electrons. The predicted molar refractivity (Wildman–Crippen MR) is 106 cm³/mol. The molecule has 4 aromatic rings. The molecule has 0 atom stereocenters. The smallest absolute Gasteiger partial charge is 0.273 e. The number of hydrogen-bond donors (Lipinski definition) is 1. The van der Waals surface area contributed by atoms with Gasteiger partial charge in [-0.05, 0) is 25.0 Å². The van der Waals surface area contributed by atoms with Crippen molar-refractivity contribution in [3.8, 4) is 11.3 Å². The average Bonchev–Trinajstić information content (AvgIpc) is 3.31. The molecule has 0 spiro atoms. The molecule has 0 bridgehead atoms. The van der Waals surface area contributed by atoms with E-state index in [1.165, 1.54) is 0 Å². The van der Waals surface area contributed by atoms with E-state index in [2.05, 4.69) is 28.2 Å². The summed E-state index contributed by atoms with van der Waals surface area (Å²) in [6.45, 7) is 0. The number of amides is 1. The van der Waals surface area contributed by atoms with Gasteiger partial charge >= 0.3 is 0 Å². The first kappa shape index (κ1) is 16.7. The van der Waals surface area contributed by atoms with Crippen molar-refractivity contribution in [1.29, 1.82) is 0 Å². The second-order valence-electron chi connectivity index (χ2n) is 7.30. The van der Waals surface area contributed by atoms with Gasteiger partial charge in [0.15, 0.2) is 11.5 Å². The Morgan fingerprint density at radius 1 is 1.11 bits per heavy atom. The molecular formula is C22H20N4O2. The molecule has 2 heterocycles. The summed E-state index contributed by atoms with van der Waals surface area (Å²) in [4.78, 5) is 17.3. The first-order chi connectivity index (χ1) is 13.7. The molecule has 6 nitrogen and oxygen atoms in total. The number of para-hydroxylation sites is 2. The summed E-state index contributed by atoms with van der Waals surface area (Å²) < 4.78 is 7.48. The maximum absolute atomic E-state index is 12.5. The lowest BCUT2D eigenvalue weighted by molar-refractivity contribution is 0.0898. The van der Waals surface area contributed by atoms with Crippen LogP contribution in [0, 0.1) is 0 Å². The number of nitrogens with zero attached hydrogens (tertiary/aromatic N) is 3. The molecule has 6 heteroatoms. The van der Waals surface area contributed by atoms with Gasteiger partial charge in [0.1, 0.15) is 5.82 Å². The summed E-state index contributed by atoms with van der Waals surface area (Å²) in [5.74, 6) is 1.84. The van der Waals surface area contributed by atoms with Crippen LogP contribution in [0.15, 0.2) is 65.2 Å². The molecule has 1 aliphatic rings. The summed E-state index contributed by atoms with van der Waals surface area (Å²) in [7, 11) is 2.05. The van der Waals surface area contributed by atoms with Crippen LogP contribution in [0.1, 0.15) is 35.1 Å². The number of carbonyl (C=O) groups excluding carboxylic acids is 1. The highest BCUT2D eigenvalue weighted by molar-refractivity contribution is 5.93. The highest BCUT2D eigenvalue weighted by Crippen LogP contribution is 2.37. The van der Waals surface area contributed by atoms with Crippen LogP contribution in [-0.4, -0.2) is 26.7 Å². The van der Waals surface area contributed by atoms with E-state index in [1.807, 2.05) is 48.5 Å². The third kappa shape index (κ3) is 2.87. The van der Waals surface area contributed by atoms with Crippen LogP contribution in [0.4, 0.5) is 0 Å². The quantitative estimate of drug-likeness (QED) is 0.590. The van der Waals surface area contributed by atoms with Crippen molar-refractivity contribution in [2.45, 2.75) is 24.8 Å². The molecule has 2 aromatic carbocycles. The van der Waals surface area contributed by atoms with E-state index in [9.17, 15) is 4.79 Å². The van der Waals surface area contributed by atoms with Crippen LogP contribution in [0.5, 0.6) is 0 Å². The van der Waals surface area contributed by atoms with Crippen molar-refractivity contribution in [3.05, 3.63) is 72.2 Å². The summed E-state index contributed by atoms with van der Waals surface area (Å²) in [5, 5.41) is 6.97. The molecule has 28 heavy (non-hydrogen) atoms. The van der Waals surface area contributed by atoms with E-state index in [4.69, 9.17) is 9.51 Å². The van der Waals surface area contributed by atoms with Crippen LogP contribution in [-0.2, 0) is 7.05 Å². The third-order valence-electron chi connectivity index (χ3n) is 5.46. The zero-order valence-corrected chi connectivity index (χ0v) is 15.5. The average molecular weight is 372 g/mol. The van der Waals surface area contributed by atoms with Gasteiger partial charge in [0.05, 0.1) is 11.0 Å². The number of carbonyl (C=O) groups is 1. The fraction of sp³-hybridized carbons (Fsp3) is 0.227. The molecule has 1 N–H and O–H groups in total. The number of aromatic nitrogens is 3. The standard InChI is InChI=1S/C22H20N4O2/c1-26-19-10-6-5-9-17(19)24-21(26)15-11-16(12-15)23-22(27)18-13-20(28-25-18)14-7-3-2-4-8-14/h2-10,13,15-16H,11-12H2,1H3,(H,23,27)/t15-,16-. The summed E-state index contributed by atoms with van der Waals surface area (Å²) in [6.07, 6.45) is 1.76. The van der Waals surface area contributed by atoms with Crippen LogP contribution in [0.2, 0.25) is 0 Å². The van der Waals surface area contributed by atoms with Crippen LogP contribution in [0.3, 0.4) is 0 Å². The molecule has 0 radical (unpaired) electrons. The SMILES string of the molecule is Cn1c2ccccc2nc1[C@H]1C[C@H](NC(=O)c2cc(-c3ccccc3)on2)C1. The minimum absolute atomic E-state index is 0.134. The number of imidazole rings is 1. The van der Waals surface area contributed by atoms with Crippen molar-refractivity contribution >= 4 is 16.9 Å². The Morgan fingerprint density at radius 3 is 2.64 bits per heavy atom. The Kier molecular flexibility index (Phi) is 3.97. The van der Waals surface area contributed by atoms with E-state index in [0.717, 1.165) is 35.3 Å². The van der Waals surface area contributed by atoms with Gasteiger partial charge in [0.2, 0.25) is 0 Å². The lowest BCUT2D eigenvalue weighted by atomic mass is 9.79. The van der Waals surface area contributed by atoms with Gasteiger partial charge in [-0.1, -0.05) is 47.6 Å². The molecular weight excluding hydrogens is 352 g/mol. The van der Waals surface area contributed by atoms with Crippen LogP contribution < -0.4 is 5.32 Å². The van der Waals surface area contributed by atoms with Gasteiger partial charge in [-0.3, -0.25) is 4.79 Å². The topological polar surface area (TPSA) is 73.0 Å². The highest BCUT2D eigenvalue weighted by Gasteiger charge is 2.35. The Labute approximate surface area is 162 Å². The van der Waals surface area contributed by atoms with Gasteiger partial charge in [-0.25, -0.2) is 4.98 Å². The van der Waals surface area contributed by atoms with Gasteiger partial charge in [-0.15, -0.1) is 0 Å². The largest absolute Gasteiger partial charge is 0.355 e. The van der Waals surface area contributed by atoms with E-state index in [0.29, 0.717) is 17.4 Å². The molecule has 1 fully saturated rings. The maximum Gasteiger partial charge on any atom is 0.273 e.